The number of aromatic nitrogens is 1. The molecule has 0 fully saturated rings. The summed E-state index contributed by atoms with van der Waals surface area (Å²) in [5.74, 6) is 1.25. The van der Waals surface area contributed by atoms with Crippen molar-refractivity contribution in [1.29, 1.82) is 0 Å². The van der Waals surface area contributed by atoms with Crippen molar-refractivity contribution in [2.75, 3.05) is 0 Å². The number of hydrogen-bond acceptors (Lipinski definition) is 2. The second-order valence-electron chi connectivity index (χ2n) is 5.36. The van der Waals surface area contributed by atoms with Crippen molar-refractivity contribution in [3.05, 3.63) is 83.7 Å². The molecule has 3 aromatic rings. The van der Waals surface area contributed by atoms with Crippen molar-refractivity contribution in [2.24, 2.45) is 7.05 Å². The van der Waals surface area contributed by atoms with E-state index in [0.717, 1.165) is 21.3 Å². The summed E-state index contributed by atoms with van der Waals surface area (Å²) < 4.78 is 28.0. The second kappa shape index (κ2) is 7.90. The number of hydrogen-bond donors (Lipinski definition) is 0. The van der Waals surface area contributed by atoms with Crippen LogP contribution in [0.3, 0.4) is 0 Å². The van der Waals surface area contributed by atoms with Crippen LogP contribution in [0.2, 0.25) is 0 Å². The van der Waals surface area contributed by atoms with E-state index < -0.39 is 0 Å². The molecule has 0 aliphatic heterocycles. The van der Waals surface area contributed by atoms with Gasteiger partial charge in [-0.05, 0) is 60.7 Å². The Morgan fingerprint density at radius 2 is 1.04 bits per heavy atom. The Hall–Kier alpha value is -1.72. The molecule has 0 radical (unpaired) electrons. The molecule has 0 spiro atoms. The van der Waals surface area contributed by atoms with Gasteiger partial charge < -0.3 is 4.57 Å². The zero-order valence-corrected chi connectivity index (χ0v) is 14.8. The zero-order valence-electron chi connectivity index (χ0n) is 13.2. The van der Waals surface area contributed by atoms with Crippen LogP contribution in [0.5, 0.6) is 0 Å². The molecule has 0 N–H and O–H groups in total. The van der Waals surface area contributed by atoms with Crippen LogP contribution in [0, 0.1) is 11.6 Å². The van der Waals surface area contributed by atoms with Crippen LogP contribution in [0.25, 0.3) is 0 Å². The topological polar surface area (TPSA) is 4.93 Å². The van der Waals surface area contributed by atoms with Crippen molar-refractivity contribution >= 4 is 23.5 Å². The molecule has 1 heterocycles. The van der Waals surface area contributed by atoms with Crippen LogP contribution >= 0.6 is 23.5 Å². The highest BCUT2D eigenvalue weighted by atomic mass is 32.2. The lowest BCUT2D eigenvalue weighted by molar-refractivity contribution is 0.626. The van der Waals surface area contributed by atoms with E-state index >= 15 is 0 Å². The summed E-state index contributed by atoms with van der Waals surface area (Å²) in [7, 11) is 2.06. The first-order valence-electron chi connectivity index (χ1n) is 7.52. The first kappa shape index (κ1) is 17.1. The van der Waals surface area contributed by atoms with Gasteiger partial charge in [0.25, 0.3) is 0 Å². The van der Waals surface area contributed by atoms with Crippen molar-refractivity contribution in [3.8, 4) is 0 Å². The predicted octanol–water partition coefficient (Wildman–Crippen LogP) is 5.89. The minimum Gasteiger partial charge on any atom is -0.350 e. The molecule has 0 unspecified atom stereocenters. The Balaban J connectivity index is 1.58. The molecule has 0 amide bonds. The van der Waals surface area contributed by atoms with Gasteiger partial charge in [-0.2, -0.15) is 0 Å². The molecule has 0 atom stereocenters. The van der Waals surface area contributed by atoms with Crippen LogP contribution in [0.4, 0.5) is 8.78 Å². The molecular formula is C19H17F2NS2. The highest BCUT2D eigenvalue weighted by Crippen LogP contribution is 2.27. The van der Waals surface area contributed by atoms with E-state index in [1.807, 2.05) is 0 Å². The SMILES string of the molecule is Cn1c(CSc2ccc(F)cc2)ccc1CSc1ccc(F)cc1. The Labute approximate surface area is 149 Å². The van der Waals surface area contributed by atoms with E-state index in [0.29, 0.717) is 0 Å². The van der Waals surface area contributed by atoms with Crippen LogP contribution in [0.15, 0.2) is 70.5 Å². The molecule has 5 heteroatoms. The molecule has 0 saturated carbocycles. The van der Waals surface area contributed by atoms with Crippen molar-refractivity contribution in [2.45, 2.75) is 21.3 Å². The van der Waals surface area contributed by atoms with Gasteiger partial charge in [0.15, 0.2) is 0 Å². The molecule has 24 heavy (non-hydrogen) atoms. The molecule has 2 aromatic carbocycles. The minimum atomic E-state index is -0.210. The summed E-state index contributed by atoms with van der Waals surface area (Å²) >= 11 is 3.38. The van der Waals surface area contributed by atoms with Gasteiger partial charge in [-0.1, -0.05) is 0 Å². The summed E-state index contributed by atoms with van der Waals surface area (Å²) in [4.78, 5) is 2.11. The Morgan fingerprint density at radius 3 is 1.42 bits per heavy atom. The lowest BCUT2D eigenvalue weighted by Gasteiger charge is -2.08. The zero-order chi connectivity index (χ0) is 16.9. The molecular weight excluding hydrogens is 344 g/mol. The highest BCUT2D eigenvalue weighted by Gasteiger charge is 2.06. The third-order valence-electron chi connectivity index (χ3n) is 3.73. The molecule has 0 saturated heterocycles. The Bertz CT molecular complexity index is 728. The van der Waals surface area contributed by atoms with Crippen LogP contribution in [-0.4, -0.2) is 4.57 Å². The maximum atomic E-state index is 12.9. The lowest BCUT2D eigenvalue weighted by Crippen LogP contribution is -1.99. The number of nitrogens with zero attached hydrogens (tertiary/aromatic N) is 1. The van der Waals surface area contributed by atoms with E-state index in [1.165, 1.54) is 35.7 Å². The maximum Gasteiger partial charge on any atom is 0.123 e. The molecule has 124 valence electrons. The highest BCUT2D eigenvalue weighted by molar-refractivity contribution is 7.98. The number of halogens is 2. The normalized spacial score (nSPS) is 11.0. The van der Waals surface area contributed by atoms with Crippen molar-refractivity contribution < 1.29 is 8.78 Å². The number of benzene rings is 2. The third-order valence-corrected chi connectivity index (χ3v) is 5.82. The van der Waals surface area contributed by atoms with Crippen LogP contribution in [0.1, 0.15) is 11.4 Å². The van der Waals surface area contributed by atoms with Gasteiger partial charge in [-0.25, -0.2) is 8.78 Å². The Kier molecular flexibility index (Phi) is 5.63. The van der Waals surface area contributed by atoms with Gasteiger partial charge in [-0.3, -0.25) is 0 Å². The largest absolute Gasteiger partial charge is 0.350 e. The third kappa shape index (κ3) is 4.42. The van der Waals surface area contributed by atoms with E-state index in [9.17, 15) is 8.78 Å². The standard InChI is InChI=1S/C19H17F2NS2/c1-22-16(12-23-18-8-2-14(20)3-9-18)6-7-17(22)13-24-19-10-4-15(21)5-11-19/h2-11H,12-13H2,1H3. The van der Waals surface area contributed by atoms with Crippen molar-refractivity contribution in [3.63, 3.8) is 0 Å². The molecule has 1 nitrogen and oxygen atoms in total. The molecule has 0 aliphatic carbocycles. The fraction of sp³-hybridized carbons (Fsp3) is 0.158. The van der Waals surface area contributed by atoms with Crippen LogP contribution < -0.4 is 0 Å². The maximum absolute atomic E-state index is 12.9. The van der Waals surface area contributed by atoms with Crippen LogP contribution in [-0.2, 0) is 18.6 Å². The van der Waals surface area contributed by atoms with E-state index in [1.54, 1.807) is 47.8 Å². The summed E-state index contributed by atoms with van der Waals surface area (Å²) in [5, 5.41) is 0. The van der Waals surface area contributed by atoms with Gasteiger partial charge in [0, 0.05) is 39.7 Å². The van der Waals surface area contributed by atoms with Gasteiger partial charge in [0.05, 0.1) is 0 Å². The Morgan fingerprint density at radius 1 is 0.667 bits per heavy atom. The van der Waals surface area contributed by atoms with Crippen molar-refractivity contribution in [1.82, 2.24) is 4.57 Å². The van der Waals surface area contributed by atoms with E-state index in [4.69, 9.17) is 0 Å². The predicted molar refractivity (Wildman–Crippen MR) is 97.3 cm³/mol. The molecule has 0 bridgehead atoms. The lowest BCUT2D eigenvalue weighted by atomic mass is 10.4. The van der Waals surface area contributed by atoms with E-state index in [-0.39, 0.29) is 11.6 Å². The van der Waals surface area contributed by atoms with E-state index in [2.05, 4.69) is 23.7 Å². The summed E-state index contributed by atoms with van der Waals surface area (Å²) in [6.07, 6.45) is 0. The summed E-state index contributed by atoms with van der Waals surface area (Å²) in [5.41, 5.74) is 2.44. The fourth-order valence-corrected chi connectivity index (χ4v) is 4.13. The molecule has 0 aliphatic rings. The fourth-order valence-electron chi connectivity index (χ4n) is 2.27. The van der Waals surface area contributed by atoms with Gasteiger partial charge in [0.2, 0.25) is 0 Å². The number of rotatable bonds is 6. The second-order valence-corrected chi connectivity index (χ2v) is 7.46. The average Bonchev–Trinajstić information content (AvgIpc) is 2.94. The quantitative estimate of drug-likeness (QED) is 0.505. The summed E-state index contributed by atoms with van der Waals surface area (Å²) in [6.45, 7) is 0. The first-order chi connectivity index (χ1) is 11.6. The molecule has 1 aromatic heterocycles. The van der Waals surface area contributed by atoms with Gasteiger partial charge in [-0.15, -0.1) is 23.5 Å². The minimum absolute atomic E-state index is 0.210. The summed E-state index contributed by atoms with van der Waals surface area (Å²) in [6, 6.07) is 17.4. The monoisotopic (exact) mass is 361 g/mol. The van der Waals surface area contributed by atoms with Gasteiger partial charge >= 0.3 is 0 Å². The smallest absolute Gasteiger partial charge is 0.123 e. The first-order valence-corrected chi connectivity index (χ1v) is 9.49. The average molecular weight is 361 g/mol. The number of thioether (sulfide) groups is 2. The molecule has 3 rings (SSSR count). The van der Waals surface area contributed by atoms with Gasteiger partial charge in [0.1, 0.15) is 11.6 Å².